The van der Waals surface area contributed by atoms with Crippen LogP contribution < -0.4 is 4.74 Å². The predicted octanol–water partition coefficient (Wildman–Crippen LogP) is 4.53. The Morgan fingerprint density at radius 2 is 1.88 bits per heavy atom. The second-order valence-electron chi connectivity index (χ2n) is 8.44. The number of aromatic nitrogens is 4. The topological polar surface area (TPSA) is 65.2 Å². The molecule has 1 saturated heterocycles. The third kappa shape index (κ3) is 4.26. The summed E-state index contributed by atoms with van der Waals surface area (Å²) in [7, 11) is 1.64. The van der Waals surface area contributed by atoms with E-state index in [1.807, 2.05) is 72.2 Å². The van der Waals surface area contributed by atoms with Gasteiger partial charge in [0, 0.05) is 43.3 Å². The molecular formula is C26H27N5O2. The molecule has 2 aromatic heterocycles. The number of aryl methyl sites for hydroxylation is 1. The van der Waals surface area contributed by atoms with E-state index >= 15 is 0 Å². The summed E-state index contributed by atoms with van der Waals surface area (Å²) < 4.78 is 9.34. The zero-order chi connectivity index (χ0) is 22.8. The van der Waals surface area contributed by atoms with Gasteiger partial charge in [-0.1, -0.05) is 29.8 Å². The van der Waals surface area contributed by atoms with Crippen molar-refractivity contribution in [2.24, 2.45) is 0 Å². The number of benzene rings is 2. The minimum atomic E-state index is 0.00950. The molecule has 33 heavy (non-hydrogen) atoms. The number of hydrogen-bond acceptors (Lipinski definition) is 4. The number of carbonyl (C=O) groups is 1. The molecule has 0 bridgehead atoms. The van der Waals surface area contributed by atoms with E-state index < -0.39 is 0 Å². The van der Waals surface area contributed by atoms with Crippen LogP contribution >= 0.6 is 0 Å². The van der Waals surface area contributed by atoms with Gasteiger partial charge < -0.3 is 14.2 Å². The molecule has 1 amide bonds. The zero-order valence-electron chi connectivity index (χ0n) is 18.9. The lowest BCUT2D eigenvalue weighted by atomic mass is 10.0. The van der Waals surface area contributed by atoms with Crippen molar-refractivity contribution < 1.29 is 9.53 Å². The molecule has 2 aromatic carbocycles. The van der Waals surface area contributed by atoms with Crippen molar-refractivity contribution in [2.75, 3.05) is 20.2 Å². The molecule has 1 fully saturated rings. The summed E-state index contributed by atoms with van der Waals surface area (Å²) in [5, 5.41) is 4.83. The number of methoxy groups -OCH3 is 1. The van der Waals surface area contributed by atoms with Crippen LogP contribution in [0, 0.1) is 6.92 Å². The van der Waals surface area contributed by atoms with E-state index in [-0.39, 0.29) is 5.91 Å². The van der Waals surface area contributed by atoms with Crippen LogP contribution in [-0.4, -0.2) is 50.3 Å². The minimum absolute atomic E-state index is 0.00950. The quantitative estimate of drug-likeness (QED) is 0.456. The summed E-state index contributed by atoms with van der Waals surface area (Å²) >= 11 is 0. The average molecular weight is 442 g/mol. The smallest absolute Gasteiger partial charge is 0.257 e. The first-order chi connectivity index (χ1) is 16.1. The largest absolute Gasteiger partial charge is 0.497 e. The number of ether oxygens (including phenoxy) is 1. The highest BCUT2D eigenvalue weighted by Gasteiger charge is 2.28. The van der Waals surface area contributed by atoms with Crippen LogP contribution in [0.15, 0.2) is 73.4 Å². The van der Waals surface area contributed by atoms with Crippen LogP contribution in [-0.2, 0) is 0 Å². The summed E-state index contributed by atoms with van der Waals surface area (Å²) in [6, 6.07) is 16.2. The van der Waals surface area contributed by atoms with Crippen molar-refractivity contribution in [1.29, 1.82) is 0 Å². The normalized spacial score (nSPS) is 14.4. The number of piperidine rings is 1. The van der Waals surface area contributed by atoms with Crippen molar-refractivity contribution >= 4 is 5.91 Å². The molecule has 4 aromatic rings. The zero-order valence-corrected chi connectivity index (χ0v) is 18.9. The summed E-state index contributed by atoms with van der Waals surface area (Å²) in [5.41, 5.74) is 4.22. The Bertz CT molecular complexity index is 1240. The number of hydrogen-bond donors (Lipinski definition) is 0. The second-order valence-corrected chi connectivity index (χ2v) is 8.44. The number of nitrogens with zero attached hydrogens (tertiary/aromatic N) is 5. The molecule has 0 unspecified atom stereocenters. The van der Waals surface area contributed by atoms with E-state index in [1.54, 1.807) is 18.0 Å². The van der Waals surface area contributed by atoms with Gasteiger partial charge in [-0.2, -0.15) is 5.10 Å². The Balaban J connectivity index is 1.47. The van der Waals surface area contributed by atoms with Crippen molar-refractivity contribution in [2.45, 2.75) is 25.8 Å². The molecule has 7 nitrogen and oxygen atoms in total. The first-order valence-corrected chi connectivity index (χ1v) is 11.2. The molecule has 168 valence electrons. The van der Waals surface area contributed by atoms with Crippen LogP contribution in [0.2, 0.25) is 0 Å². The van der Waals surface area contributed by atoms with Crippen LogP contribution in [0.25, 0.3) is 16.9 Å². The first kappa shape index (κ1) is 21.0. The van der Waals surface area contributed by atoms with E-state index in [1.165, 1.54) is 5.56 Å². The van der Waals surface area contributed by atoms with E-state index in [2.05, 4.69) is 16.5 Å². The van der Waals surface area contributed by atoms with Crippen molar-refractivity contribution in [1.82, 2.24) is 24.2 Å². The molecule has 0 saturated carbocycles. The van der Waals surface area contributed by atoms with Crippen molar-refractivity contribution in [3.8, 4) is 22.7 Å². The highest BCUT2D eigenvalue weighted by atomic mass is 16.5. The van der Waals surface area contributed by atoms with E-state index in [4.69, 9.17) is 9.84 Å². The number of amides is 1. The summed E-state index contributed by atoms with van der Waals surface area (Å²) in [6.45, 7) is 3.46. The Morgan fingerprint density at radius 3 is 2.58 bits per heavy atom. The molecule has 3 heterocycles. The monoisotopic (exact) mass is 441 g/mol. The number of carbonyl (C=O) groups excluding carboxylic acids is 1. The standard InChI is InChI=1S/C26H27N5O2/c1-19-6-8-22(9-7-19)31-17-24(25(28-31)20-4-3-5-23(16-20)33-2)26(32)29-13-10-21(11-14-29)30-15-12-27-18-30/h3-9,12,15-18,21H,10-11,13-14H2,1-2H3. The Kier molecular flexibility index (Phi) is 5.69. The van der Waals surface area contributed by atoms with Gasteiger partial charge in [0.2, 0.25) is 0 Å². The van der Waals surface area contributed by atoms with Crippen LogP contribution in [0.1, 0.15) is 34.8 Å². The average Bonchev–Trinajstić information content (AvgIpc) is 3.55. The maximum absolute atomic E-state index is 13.7. The van der Waals surface area contributed by atoms with Gasteiger partial charge in [0.1, 0.15) is 11.4 Å². The van der Waals surface area contributed by atoms with E-state index in [0.717, 1.165) is 29.8 Å². The van der Waals surface area contributed by atoms with Crippen molar-refractivity contribution in [3.05, 3.63) is 84.6 Å². The van der Waals surface area contributed by atoms with Gasteiger partial charge in [-0.3, -0.25) is 4.79 Å². The van der Waals surface area contributed by atoms with Crippen LogP contribution in [0.3, 0.4) is 0 Å². The van der Waals surface area contributed by atoms with Gasteiger partial charge in [-0.05, 0) is 44.0 Å². The van der Waals surface area contributed by atoms with Gasteiger partial charge in [-0.15, -0.1) is 0 Å². The maximum atomic E-state index is 13.7. The van der Waals surface area contributed by atoms with Gasteiger partial charge in [0.15, 0.2) is 0 Å². The number of likely N-dealkylation sites (tertiary alicyclic amines) is 1. The Labute approximate surface area is 193 Å². The summed E-state index contributed by atoms with van der Waals surface area (Å²) in [4.78, 5) is 19.8. The Morgan fingerprint density at radius 1 is 1.09 bits per heavy atom. The molecule has 0 atom stereocenters. The van der Waals surface area contributed by atoms with Gasteiger partial charge in [0.05, 0.1) is 24.7 Å². The fraction of sp³-hybridized carbons (Fsp3) is 0.269. The third-order valence-electron chi connectivity index (χ3n) is 6.28. The molecule has 1 aliphatic heterocycles. The molecule has 0 radical (unpaired) electrons. The molecule has 5 rings (SSSR count). The SMILES string of the molecule is COc1cccc(-c2nn(-c3ccc(C)cc3)cc2C(=O)N2CCC(n3ccnc3)CC2)c1. The molecule has 1 aliphatic rings. The van der Waals surface area contributed by atoms with Crippen LogP contribution in [0.4, 0.5) is 0 Å². The minimum Gasteiger partial charge on any atom is -0.497 e. The number of imidazole rings is 1. The summed E-state index contributed by atoms with van der Waals surface area (Å²) in [6.07, 6.45) is 9.32. The third-order valence-corrected chi connectivity index (χ3v) is 6.28. The lowest BCUT2D eigenvalue weighted by molar-refractivity contribution is 0.0695. The van der Waals surface area contributed by atoms with E-state index in [9.17, 15) is 4.79 Å². The van der Waals surface area contributed by atoms with E-state index in [0.29, 0.717) is 30.4 Å². The second kappa shape index (κ2) is 8.94. The highest BCUT2D eigenvalue weighted by Crippen LogP contribution is 2.30. The van der Waals surface area contributed by atoms with Crippen LogP contribution in [0.5, 0.6) is 5.75 Å². The summed E-state index contributed by atoms with van der Waals surface area (Å²) in [5.74, 6) is 0.743. The predicted molar refractivity (Wildman–Crippen MR) is 127 cm³/mol. The molecule has 7 heteroatoms. The molecule has 0 spiro atoms. The fourth-order valence-corrected chi connectivity index (χ4v) is 4.37. The van der Waals surface area contributed by atoms with Gasteiger partial charge in [-0.25, -0.2) is 9.67 Å². The van der Waals surface area contributed by atoms with Crippen molar-refractivity contribution in [3.63, 3.8) is 0 Å². The highest BCUT2D eigenvalue weighted by molar-refractivity contribution is 6.00. The molecular weight excluding hydrogens is 414 g/mol. The number of rotatable bonds is 5. The van der Waals surface area contributed by atoms with Gasteiger partial charge in [0.25, 0.3) is 5.91 Å². The Hall–Kier alpha value is -3.87. The molecule has 0 N–H and O–H groups in total. The molecule has 0 aliphatic carbocycles. The lowest BCUT2D eigenvalue weighted by Crippen LogP contribution is -2.39. The van der Waals surface area contributed by atoms with Gasteiger partial charge >= 0.3 is 0 Å². The fourth-order valence-electron chi connectivity index (χ4n) is 4.37. The lowest BCUT2D eigenvalue weighted by Gasteiger charge is -2.32. The first-order valence-electron chi connectivity index (χ1n) is 11.2. The maximum Gasteiger partial charge on any atom is 0.257 e.